The number of nitrogens with zero attached hydrogens (tertiary/aromatic N) is 2. The average molecular weight is 563 g/mol. The summed E-state index contributed by atoms with van der Waals surface area (Å²) in [5.41, 5.74) is 1.81. The lowest BCUT2D eigenvalue weighted by Gasteiger charge is -2.25. The number of benzene rings is 2. The SMILES string of the molecule is C=CCOc1ccc([C@@H]2C(C(=O)OCC)=C(C)N=c3sc(=Cc4ccc(OC(C)=O)cc4)c(=O)n32)cc1OCC. The molecule has 1 aliphatic heterocycles. The Kier molecular flexibility index (Phi) is 9.00. The van der Waals surface area contributed by atoms with Crippen molar-refractivity contribution in [1.82, 2.24) is 4.57 Å². The van der Waals surface area contributed by atoms with Crippen LogP contribution in [0, 0.1) is 0 Å². The van der Waals surface area contributed by atoms with E-state index in [2.05, 4.69) is 11.6 Å². The zero-order valence-corrected chi connectivity index (χ0v) is 23.6. The molecule has 1 atom stereocenters. The van der Waals surface area contributed by atoms with Crippen LogP contribution in [-0.4, -0.2) is 36.3 Å². The highest BCUT2D eigenvalue weighted by Crippen LogP contribution is 2.36. The molecule has 3 aromatic rings. The van der Waals surface area contributed by atoms with Crippen molar-refractivity contribution >= 4 is 29.4 Å². The molecule has 0 saturated carbocycles. The van der Waals surface area contributed by atoms with E-state index in [1.807, 2.05) is 6.92 Å². The Hall–Kier alpha value is -4.44. The first-order chi connectivity index (χ1) is 19.3. The standard InChI is InChI=1S/C30H30N2O7S/c1-6-15-38-23-14-11-21(17-24(23)36-7-2)27-26(29(35)37-8-3)18(4)31-30-32(27)28(34)25(40-30)16-20-9-12-22(13-10-20)39-19(5)33/h6,9-14,16-17,27H,1,7-8,15H2,2-5H3/t27-/m1/s1. The number of fused-ring (bicyclic) bond motifs is 1. The number of rotatable bonds is 10. The molecule has 0 bridgehead atoms. The van der Waals surface area contributed by atoms with Crippen molar-refractivity contribution in [3.05, 3.63) is 97.2 Å². The van der Waals surface area contributed by atoms with Gasteiger partial charge in [0.25, 0.3) is 5.56 Å². The van der Waals surface area contributed by atoms with Gasteiger partial charge in [-0.1, -0.05) is 42.2 Å². The monoisotopic (exact) mass is 562 g/mol. The van der Waals surface area contributed by atoms with Crippen LogP contribution in [0.5, 0.6) is 17.2 Å². The molecule has 2 aromatic carbocycles. The maximum absolute atomic E-state index is 13.8. The van der Waals surface area contributed by atoms with Crippen molar-refractivity contribution in [2.24, 2.45) is 4.99 Å². The molecule has 1 aromatic heterocycles. The lowest BCUT2D eigenvalue weighted by atomic mass is 9.95. The first-order valence-electron chi connectivity index (χ1n) is 12.8. The fourth-order valence-corrected chi connectivity index (χ4v) is 5.33. The van der Waals surface area contributed by atoms with Crippen LogP contribution in [0.2, 0.25) is 0 Å². The number of carbonyl (C=O) groups excluding carboxylic acids is 2. The molecule has 40 heavy (non-hydrogen) atoms. The van der Waals surface area contributed by atoms with Gasteiger partial charge in [0.2, 0.25) is 0 Å². The summed E-state index contributed by atoms with van der Waals surface area (Å²) in [6.45, 7) is 11.2. The molecule has 0 fully saturated rings. The van der Waals surface area contributed by atoms with Gasteiger partial charge in [0.15, 0.2) is 16.3 Å². The molecule has 10 heteroatoms. The molecule has 2 heterocycles. The Morgan fingerprint density at radius 2 is 1.82 bits per heavy atom. The van der Waals surface area contributed by atoms with E-state index in [4.69, 9.17) is 18.9 Å². The predicted molar refractivity (Wildman–Crippen MR) is 151 cm³/mol. The number of carbonyl (C=O) groups is 2. The summed E-state index contributed by atoms with van der Waals surface area (Å²) in [7, 11) is 0. The van der Waals surface area contributed by atoms with Crippen LogP contribution in [0.4, 0.5) is 0 Å². The van der Waals surface area contributed by atoms with Gasteiger partial charge >= 0.3 is 11.9 Å². The Balaban J connectivity index is 1.88. The number of hydrogen-bond donors (Lipinski definition) is 0. The Morgan fingerprint density at radius 1 is 1.07 bits per heavy atom. The van der Waals surface area contributed by atoms with E-state index in [-0.39, 0.29) is 17.7 Å². The quantitative estimate of drug-likeness (QED) is 0.211. The van der Waals surface area contributed by atoms with E-state index in [1.54, 1.807) is 68.5 Å². The number of aromatic nitrogens is 1. The van der Waals surface area contributed by atoms with E-state index in [0.29, 0.717) is 51.1 Å². The Bertz CT molecular complexity index is 1650. The Labute approximate surface area is 235 Å². The first-order valence-corrected chi connectivity index (χ1v) is 13.6. The molecular formula is C30H30N2O7S. The van der Waals surface area contributed by atoms with E-state index in [0.717, 1.165) is 5.56 Å². The van der Waals surface area contributed by atoms with Crippen LogP contribution in [-0.2, 0) is 14.3 Å². The van der Waals surface area contributed by atoms with E-state index in [1.165, 1.54) is 22.8 Å². The maximum atomic E-state index is 13.8. The fourth-order valence-electron chi connectivity index (χ4n) is 4.29. The van der Waals surface area contributed by atoms with Crippen LogP contribution in [0.3, 0.4) is 0 Å². The summed E-state index contributed by atoms with van der Waals surface area (Å²) >= 11 is 1.22. The molecule has 0 N–H and O–H groups in total. The summed E-state index contributed by atoms with van der Waals surface area (Å²) in [6, 6.07) is 11.3. The highest BCUT2D eigenvalue weighted by atomic mass is 32.1. The van der Waals surface area contributed by atoms with Crippen LogP contribution < -0.4 is 29.1 Å². The summed E-state index contributed by atoms with van der Waals surface area (Å²) in [5, 5.41) is 0. The second-order valence-corrected chi connectivity index (χ2v) is 9.71. The van der Waals surface area contributed by atoms with Gasteiger partial charge in [0.05, 0.1) is 35.1 Å². The van der Waals surface area contributed by atoms with Crippen LogP contribution in [0.1, 0.15) is 44.9 Å². The van der Waals surface area contributed by atoms with E-state index < -0.39 is 18.0 Å². The minimum atomic E-state index is -0.795. The fraction of sp³-hybridized carbons (Fsp3) is 0.267. The Morgan fingerprint density at radius 3 is 2.48 bits per heavy atom. The minimum absolute atomic E-state index is 0.175. The maximum Gasteiger partial charge on any atom is 0.338 e. The first kappa shape index (κ1) is 28.6. The highest BCUT2D eigenvalue weighted by molar-refractivity contribution is 7.07. The molecule has 0 saturated heterocycles. The van der Waals surface area contributed by atoms with Crippen molar-refractivity contribution in [1.29, 1.82) is 0 Å². The second-order valence-electron chi connectivity index (χ2n) is 8.70. The van der Waals surface area contributed by atoms with Crippen molar-refractivity contribution in [2.75, 3.05) is 19.8 Å². The smallest absolute Gasteiger partial charge is 0.338 e. The molecular weight excluding hydrogens is 532 g/mol. The highest BCUT2D eigenvalue weighted by Gasteiger charge is 2.34. The molecule has 0 radical (unpaired) electrons. The molecule has 0 spiro atoms. The van der Waals surface area contributed by atoms with Crippen LogP contribution in [0.25, 0.3) is 6.08 Å². The molecule has 9 nitrogen and oxygen atoms in total. The third-order valence-electron chi connectivity index (χ3n) is 5.90. The van der Waals surface area contributed by atoms with Crippen molar-refractivity contribution < 1.29 is 28.5 Å². The predicted octanol–water partition coefficient (Wildman–Crippen LogP) is 3.69. The van der Waals surface area contributed by atoms with Gasteiger partial charge in [0, 0.05) is 6.92 Å². The summed E-state index contributed by atoms with van der Waals surface area (Å²) in [6.07, 6.45) is 3.37. The van der Waals surface area contributed by atoms with Gasteiger partial charge in [-0.3, -0.25) is 14.2 Å². The number of thiazole rings is 1. The lowest BCUT2D eigenvalue weighted by Crippen LogP contribution is -2.40. The van der Waals surface area contributed by atoms with Crippen molar-refractivity contribution in [3.8, 4) is 17.2 Å². The molecule has 0 amide bonds. The normalized spacial score (nSPS) is 14.7. The average Bonchev–Trinajstić information content (AvgIpc) is 3.22. The zero-order chi connectivity index (χ0) is 28.8. The molecule has 0 unspecified atom stereocenters. The van der Waals surface area contributed by atoms with E-state index >= 15 is 0 Å². The van der Waals surface area contributed by atoms with Gasteiger partial charge < -0.3 is 18.9 Å². The number of esters is 2. The van der Waals surface area contributed by atoms with Crippen LogP contribution in [0.15, 0.2) is 76.2 Å². The molecule has 208 valence electrons. The topological polar surface area (TPSA) is 105 Å². The van der Waals surface area contributed by atoms with Crippen LogP contribution >= 0.6 is 11.3 Å². The zero-order valence-electron chi connectivity index (χ0n) is 22.8. The third-order valence-corrected chi connectivity index (χ3v) is 6.88. The van der Waals surface area contributed by atoms with Crippen molar-refractivity contribution in [3.63, 3.8) is 0 Å². The minimum Gasteiger partial charge on any atom is -0.490 e. The van der Waals surface area contributed by atoms with Gasteiger partial charge in [-0.15, -0.1) is 0 Å². The van der Waals surface area contributed by atoms with Gasteiger partial charge in [-0.05, 0) is 62.2 Å². The van der Waals surface area contributed by atoms with Gasteiger partial charge in [-0.2, -0.15) is 0 Å². The van der Waals surface area contributed by atoms with Gasteiger partial charge in [-0.25, -0.2) is 9.79 Å². The largest absolute Gasteiger partial charge is 0.490 e. The van der Waals surface area contributed by atoms with Crippen molar-refractivity contribution in [2.45, 2.75) is 33.7 Å². The number of hydrogen-bond acceptors (Lipinski definition) is 9. The summed E-state index contributed by atoms with van der Waals surface area (Å²) in [4.78, 5) is 43.3. The molecule has 1 aliphatic rings. The second kappa shape index (κ2) is 12.6. The summed E-state index contributed by atoms with van der Waals surface area (Å²) < 4.78 is 24.0. The number of allylic oxidation sites excluding steroid dienone is 1. The van der Waals surface area contributed by atoms with E-state index in [9.17, 15) is 14.4 Å². The lowest BCUT2D eigenvalue weighted by molar-refractivity contribution is -0.139. The number of ether oxygens (including phenoxy) is 4. The third kappa shape index (κ3) is 6.07. The molecule has 0 aliphatic carbocycles. The van der Waals surface area contributed by atoms with Gasteiger partial charge in [0.1, 0.15) is 12.4 Å². The summed E-state index contributed by atoms with van der Waals surface area (Å²) in [5.74, 6) is 0.449. The molecule has 4 rings (SSSR count).